The molecule has 1 aromatic heterocycles. The van der Waals surface area contributed by atoms with Crippen LogP contribution in [0.1, 0.15) is 16.7 Å². The number of carbonyl (C=O) groups is 1. The third-order valence-corrected chi connectivity index (χ3v) is 5.24. The van der Waals surface area contributed by atoms with Gasteiger partial charge in [-0.15, -0.1) is 5.10 Å². The SMILES string of the molecule is COc1ccc(Cl)cc1-c1nc(SCC(=O)Nc2c(C)cc(C)cc2C)n[nH]1. The zero-order valence-electron chi connectivity index (χ0n) is 16.1. The van der Waals surface area contributed by atoms with E-state index in [-0.39, 0.29) is 11.7 Å². The lowest BCUT2D eigenvalue weighted by molar-refractivity contribution is -0.113. The van der Waals surface area contributed by atoms with Gasteiger partial charge in [-0.25, -0.2) is 4.98 Å². The molecule has 0 fully saturated rings. The lowest BCUT2D eigenvalue weighted by Gasteiger charge is -2.12. The van der Waals surface area contributed by atoms with Crippen LogP contribution in [-0.4, -0.2) is 34.0 Å². The molecule has 0 unspecified atom stereocenters. The van der Waals surface area contributed by atoms with Crippen LogP contribution >= 0.6 is 23.4 Å². The molecule has 0 saturated heterocycles. The summed E-state index contributed by atoms with van der Waals surface area (Å²) in [6.07, 6.45) is 0. The molecule has 146 valence electrons. The molecule has 1 heterocycles. The van der Waals surface area contributed by atoms with Crippen molar-refractivity contribution < 1.29 is 9.53 Å². The molecule has 3 aromatic rings. The molecule has 0 radical (unpaired) electrons. The molecular formula is C20H21ClN4O2S. The molecule has 0 aliphatic rings. The van der Waals surface area contributed by atoms with E-state index in [9.17, 15) is 4.79 Å². The van der Waals surface area contributed by atoms with Crippen LogP contribution in [0, 0.1) is 20.8 Å². The molecular weight excluding hydrogens is 396 g/mol. The van der Waals surface area contributed by atoms with Gasteiger partial charge in [-0.1, -0.05) is 41.1 Å². The third kappa shape index (κ3) is 4.66. The minimum absolute atomic E-state index is 0.105. The van der Waals surface area contributed by atoms with E-state index in [0.29, 0.717) is 27.3 Å². The molecule has 28 heavy (non-hydrogen) atoms. The monoisotopic (exact) mass is 416 g/mol. The molecule has 6 nitrogen and oxygen atoms in total. The van der Waals surface area contributed by atoms with Crippen molar-refractivity contribution in [2.45, 2.75) is 25.9 Å². The fourth-order valence-corrected chi connectivity index (χ4v) is 3.75. The Morgan fingerprint density at radius 2 is 1.93 bits per heavy atom. The van der Waals surface area contributed by atoms with Crippen molar-refractivity contribution >= 4 is 35.0 Å². The molecule has 0 aliphatic heterocycles. The molecule has 0 spiro atoms. The Morgan fingerprint density at radius 1 is 1.21 bits per heavy atom. The number of H-pyrrole nitrogens is 1. The van der Waals surface area contributed by atoms with Gasteiger partial charge in [-0.2, -0.15) is 0 Å². The summed E-state index contributed by atoms with van der Waals surface area (Å²) in [5.41, 5.74) is 4.83. The summed E-state index contributed by atoms with van der Waals surface area (Å²) in [6, 6.07) is 9.37. The van der Waals surface area contributed by atoms with E-state index in [2.05, 4.69) is 32.6 Å². The minimum Gasteiger partial charge on any atom is -0.496 e. The highest BCUT2D eigenvalue weighted by Gasteiger charge is 2.14. The number of nitrogens with zero attached hydrogens (tertiary/aromatic N) is 2. The number of methoxy groups -OCH3 is 1. The Labute approximate surface area is 173 Å². The number of rotatable bonds is 6. The standard InChI is InChI=1S/C20H21ClN4O2S/c1-11-7-12(2)18(13(3)8-11)22-17(26)10-28-20-23-19(24-25-20)15-9-14(21)5-6-16(15)27-4/h5-9H,10H2,1-4H3,(H,22,26)(H,23,24,25). The number of halogens is 1. The summed E-state index contributed by atoms with van der Waals surface area (Å²) in [7, 11) is 1.58. The predicted octanol–water partition coefficient (Wildman–Crippen LogP) is 4.79. The van der Waals surface area contributed by atoms with Gasteiger partial charge in [0.05, 0.1) is 18.4 Å². The first-order valence-corrected chi connectivity index (χ1v) is 10.0. The van der Waals surface area contributed by atoms with Gasteiger partial charge in [-0.05, 0) is 50.1 Å². The van der Waals surface area contributed by atoms with Gasteiger partial charge in [0.25, 0.3) is 0 Å². The normalized spacial score (nSPS) is 10.8. The second kappa shape index (κ2) is 8.67. The molecule has 3 rings (SSSR count). The van der Waals surface area contributed by atoms with E-state index in [4.69, 9.17) is 16.3 Å². The van der Waals surface area contributed by atoms with Crippen LogP contribution in [0.2, 0.25) is 5.02 Å². The van der Waals surface area contributed by atoms with E-state index < -0.39 is 0 Å². The minimum atomic E-state index is -0.105. The maximum atomic E-state index is 12.4. The lowest BCUT2D eigenvalue weighted by Crippen LogP contribution is -2.16. The van der Waals surface area contributed by atoms with Crippen LogP contribution in [0.4, 0.5) is 5.69 Å². The third-order valence-electron chi connectivity index (χ3n) is 4.16. The number of ether oxygens (including phenoxy) is 1. The number of anilines is 1. The van der Waals surface area contributed by atoms with Crippen LogP contribution in [0.15, 0.2) is 35.5 Å². The van der Waals surface area contributed by atoms with Crippen LogP contribution in [0.5, 0.6) is 5.75 Å². The summed E-state index contributed by atoms with van der Waals surface area (Å²) in [5, 5.41) is 11.1. The fourth-order valence-electron chi connectivity index (χ4n) is 2.98. The zero-order valence-corrected chi connectivity index (χ0v) is 17.7. The van der Waals surface area contributed by atoms with E-state index in [1.54, 1.807) is 25.3 Å². The number of hydrogen-bond acceptors (Lipinski definition) is 5. The number of aryl methyl sites for hydroxylation is 3. The highest BCUT2D eigenvalue weighted by molar-refractivity contribution is 7.99. The van der Waals surface area contributed by atoms with Gasteiger partial charge in [0.15, 0.2) is 5.82 Å². The molecule has 0 bridgehead atoms. The van der Waals surface area contributed by atoms with Crippen molar-refractivity contribution in [2.75, 3.05) is 18.2 Å². The van der Waals surface area contributed by atoms with E-state index in [0.717, 1.165) is 16.8 Å². The zero-order chi connectivity index (χ0) is 20.3. The Balaban J connectivity index is 1.67. The van der Waals surface area contributed by atoms with Gasteiger partial charge in [0, 0.05) is 10.7 Å². The van der Waals surface area contributed by atoms with Crippen molar-refractivity contribution in [3.63, 3.8) is 0 Å². The van der Waals surface area contributed by atoms with E-state index in [1.807, 2.05) is 20.8 Å². The van der Waals surface area contributed by atoms with Gasteiger partial charge >= 0.3 is 0 Å². The first-order valence-electron chi connectivity index (χ1n) is 8.64. The Morgan fingerprint density at radius 3 is 2.61 bits per heavy atom. The molecule has 2 N–H and O–H groups in total. The van der Waals surface area contributed by atoms with Gasteiger partial charge < -0.3 is 10.1 Å². The van der Waals surface area contributed by atoms with Gasteiger partial charge in [0.1, 0.15) is 5.75 Å². The second-order valence-electron chi connectivity index (χ2n) is 6.42. The van der Waals surface area contributed by atoms with E-state index >= 15 is 0 Å². The van der Waals surface area contributed by atoms with Crippen LogP contribution < -0.4 is 10.1 Å². The van der Waals surface area contributed by atoms with Crippen molar-refractivity contribution in [2.24, 2.45) is 0 Å². The number of benzene rings is 2. The summed E-state index contributed by atoms with van der Waals surface area (Å²) < 4.78 is 5.34. The molecule has 0 aliphatic carbocycles. The molecule has 0 saturated carbocycles. The first kappa shape index (κ1) is 20.2. The summed E-state index contributed by atoms with van der Waals surface area (Å²) >= 11 is 7.33. The number of aromatic nitrogens is 3. The first-order chi connectivity index (χ1) is 13.4. The highest BCUT2D eigenvalue weighted by atomic mass is 35.5. The fraction of sp³-hybridized carbons (Fsp3) is 0.250. The summed E-state index contributed by atoms with van der Waals surface area (Å²) in [5.74, 6) is 1.27. The van der Waals surface area contributed by atoms with Crippen LogP contribution in [-0.2, 0) is 4.79 Å². The van der Waals surface area contributed by atoms with Crippen molar-refractivity contribution in [3.05, 3.63) is 52.0 Å². The highest BCUT2D eigenvalue weighted by Crippen LogP contribution is 2.31. The quantitative estimate of drug-likeness (QED) is 0.565. The number of thioether (sulfide) groups is 1. The number of nitrogens with one attached hydrogen (secondary N) is 2. The summed E-state index contributed by atoms with van der Waals surface area (Å²) in [4.78, 5) is 16.8. The molecule has 2 aromatic carbocycles. The number of aromatic amines is 1. The molecule has 0 atom stereocenters. The number of carbonyl (C=O) groups excluding carboxylic acids is 1. The maximum Gasteiger partial charge on any atom is 0.234 e. The second-order valence-corrected chi connectivity index (χ2v) is 7.80. The van der Waals surface area contributed by atoms with Crippen molar-refractivity contribution in [1.82, 2.24) is 15.2 Å². The van der Waals surface area contributed by atoms with Gasteiger partial charge in [-0.3, -0.25) is 9.89 Å². The van der Waals surface area contributed by atoms with Gasteiger partial charge in [0.2, 0.25) is 11.1 Å². The molecule has 1 amide bonds. The predicted molar refractivity (Wildman–Crippen MR) is 113 cm³/mol. The largest absolute Gasteiger partial charge is 0.496 e. The maximum absolute atomic E-state index is 12.4. The van der Waals surface area contributed by atoms with Crippen LogP contribution in [0.3, 0.4) is 0 Å². The topological polar surface area (TPSA) is 79.9 Å². The smallest absolute Gasteiger partial charge is 0.234 e. The van der Waals surface area contributed by atoms with Crippen molar-refractivity contribution in [1.29, 1.82) is 0 Å². The number of hydrogen-bond donors (Lipinski definition) is 2. The van der Waals surface area contributed by atoms with Crippen molar-refractivity contribution in [3.8, 4) is 17.1 Å². The molecule has 8 heteroatoms. The van der Waals surface area contributed by atoms with E-state index in [1.165, 1.54) is 17.3 Å². The lowest BCUT2D eigenvalue weighted by atomic mass is 10.1. The Kier molecular flexibility index (Phi) is 6.26. The average Bonchev–Trinajstić information content (AvgIpc) is 3.12. The van der Waals surface area contributed by atoms with Crippen LogP contribution in [0.25, 0.3) is 11.4 Å². The summed E-state index contributed by atoms with van der Waals surface area (Å²) in [6.45, 7) is 6.02. The average molecular weight is 417 g/mol. The Hall–Kier alpha value is -2.51. The Bertz CT molecular complexity index is 996. The number of amides is 1.